The molecule has 1 N–H and O–H groups in total. The zero-order valence-electron chi connectivity index (χ0n) is 10.8. The first kappa shape index (κ1) is 12.7. The van der Waals surface area contributed by atoms with Gasteiger partial charge in [0.25, 0.3) is 0 Å². The van der Waals surface area contributed by atoms with Gasteiger partial charge in [-0.3, -0.25) is 4.72 Å². The summed E-state index contributed by atoms with van der Waals surface area (Å²) in [5, 5.41) is 0. The Morgan fingerprint density at radius 2 is 1.95 bits per heavy atom. The summed E-state index contributed by atoms with van der Waals surface area (Å²) in [4.78, 5) is 4.19. The molecule has 0 fully saturated rings. The molecule has 6 heteroatoms. The van der Waals surface area contributed by atoms with E-state index in [2.05, 4.69) is 9.71 Å². The summed E-state index contributed by atoms with van der Waals surface area (Å²) in [5.41, 5.74) is 3.16. The van der Waals surface area contributed by atoms with Gasteiger partial charge in [0, 0.05) is 29.7 Å². The van der Waals surface area contributed by atoms with Crippen molar-refractivity contribution in [3.63, 3.8) is 0 Å². The van der Waals surface area contributed by atoms with Crippen molar-refractivity contribution in [2.24, 2.45) is 0 Å². The lowest BCUT2D eigenvalue weighted by Gasteiger charge is -2.11. The fourth-order valence-electron chi connectivity index (χ4n) is 2.10. The molecule has 3 aromatic rings. The number of pyridine rings is 1. The Bertz CT molecular complexity index is 869. The van der Waals surface area contributed by atoms with Gasteiger partial charge in [-0.25, -0.2) is 13.4 Å². The van der Waals surface area contributed by atoms with Crippen LogP contribution in [-0.2, 0) is 10.0 Å². The van der Waals surface area contributed by atoms with Crippen LogP contribution in [0.5, 0.6) is 0 Å². The zero-order chi connectivity index (χ0) is 14.2. The molecule has 0 bridgehead atoms. The highest BCUT2D eigenvalue weighted by molar-refractivity contribution is 7.92. The third kappa shape index (κ3) is 2.50. The van der Waals surface area contributed by atoms with E-state index in [1.54, 1.807) is 18.3 Å². The molecule has 3 rings (SSSR count). The number of hydrogen-bond donors (Lipinski definition) is 1. The molecule has 0 spiro atoms. The second kappa shape index (κ2) is 4.64. The SMILES string of the molecule is CS(=O)(=O)Nc1ccccc1-c1ccc2nccn2c1. The number of rotatable bonds is 3. The van der Waals surface area contributed by atoms with Gasteiger partial charge >= 0.3 is 0 Å². The quantitative estimate of drug-likeness (QED) is 0.804. The minimum Gasteiger partial charge on any atom is -0.306 e. The molecule has 0 atom stereocenters. The maximum Gasteiger partial charge on any atom is 0.229 e. The van der Waals surface area contributed by atoms with E-state index in [0.717, 1.165) is 23.0 Å². The van der Waals surface area contributed by atoms with Crippen LogP contribution in [0.1, 0.15) is 0 Å². The topological polar surface area (TPSA) is 63.5 Å². The second-order valence-electron chi connectivity index (χ2n) is 4.53. The molecule has 0 saturated carbocycles. The number of sulfonamides is 1. The lowest BCUT2D eigenvalue weighted by atomic mass is 10.1. The average Bonchev–Trinajstić information content (AvgIpc) is 2.84. The number of anilines is 1. The van der Waals surface area contributed by atoms with Gasteiger partial charge in [-0.05, 0) is 18.2 Å². The third-order valence-electron chi connectivity index (χ3n) is 2.92. The summed E-state index contributed by atoms with van der Waals surface area (Å²) < 4.78 is 27.3. The van der Waals surface area contributed by atoms with Crippen LogP contribution in [0.3, 0.4) is 0 Å². The van der Waals surface area contributed by atoms with Crippen LogP contribution in [0.2, 0.25) is 0 Å². The summed E-state index contributed by atoms with van der Waals surface area (Å²) in [6.45, 7) is 0. The molecule has 0 unspecified atom stereocenters. The first-order valence-corrected chi connectivity index (χ1v) is 7.92. The first-order chi connectivity index (χ1) is 9.53. The molecule has 0 saturated heterocycles. The van der Waals surface area contributed by atoms with Crippen molar-refractivity contribution >= 4 is 21.4 Å². The van der Waals surface area contributed by atoms with Gasteiger partial charge in [-0.2, -0.15) is 0 Å². The summed E-state index contributed by atoms with van der Waals surface area (Å²) >= 11 is 0. The van der Waals surface area contributed by atoms with E-state index < -0.39 is 10.0 Å². The van der Waals surface area contributed by atoms with E-state index >= 15 is 0 Å². The Hall–Kier alpha value is -2.34. The fourth-order valence-corrected chi connectivity index (χ4v) is 2.68. The molecule has 0 aliphatic rings. The predicted molar refractivity (Wildman–Crippen MR) is 79.1 cm³/mol. The molecule has 5 nitrogen and oxygen atoms in total. The lowest BCUT2D eigenvalue weighted by molar-refractivity contribution is 0.607. The van der Waals surface area contributed by atoms with E-state index in [0.29, 0.717) is 5.69 Å². The smallest absolute Gasteiger partial charge is 0.229 e. The van der Waals surface area contributed by atoms with Crippen molar-refractivity contribution in [1.82, 2.24) is 9.38 Å². The van der Waals surface area contributed by atoms with E-state index in [-0.39, 0.29) is 0 Å². The Morgan fingerprint density at radius 1 is 1.15 bits per heavy atom. The molecular weight excluding hydrogens is 274 g/mol. The van der Waals surface area contributed by atoms with Crippen molar-refractivity contribution in [3.05, 3.63) is 55.0 Å². The zero-order valence-corrected chi connectivity index (χ0v) is 11.6. The maximum absolute atomic E-state index is 11.4. The molecule has 0 amide bonds. The summed E-state index contributed by atoms with van der Waals surface area (Å²) in [6, 6.07) is 11.1. The Balaban J connectivity index is 2.13. The number of hydrogen-bond acceptors (Lipinski definition) is 3. The van der Waals surface area contributed by atoms with Gasteiger partial charge in [0.15, 0.2) is 0 Å². The van der Waals surface area contributed by atoms with Gasteiger partial charge in [-0.15, -0.1) is 0 Å². The van der Waals surface area contributed by atoms with Crippen molar-refractivity contribution in [3.8, 4) is 11.1 Å². The number of fused-ring (bicyclic) bond motifs is 1. The van der Waals surface area contributed by atoms with Crippen LogP contribution in [0.25, 0.3) is 16.8 Å². The minimum atomic E-state index is -3.31. The summed E-state index contributed by atoms with van der Waals surface area (Å²) in [7, 11) is -3.31. The Labute approximate surface area is 117 Å². The van der Waals surface area contributed by atoms with E-state index in [4.69, 9.17) is 0 Å². The molecular formula is C14H13N3O2S. The van der Waals surface area contributed by atoms with Crippen molar-refractivity contribution < 1.29 is 8.42 Å². The fraction of sp³-hybridized carbons (Fsp3) is 0.0714. The van der Waals surface area contributed by atoms with Crippen LogP contribution in [0.4, 0.5) is 5.69 Å². The van der Waals surface area contributed by atoms with Gasteiger partial charge < -0.3 is 4.40 Å². The highest BCUT2D eigenvalue weighted by Gasteiger charge is 2.09. The van der Waals surface area contributed by atoms with Crippen LogP contribution in [-0.4, -0.2) is 24.1 Å². The van der Waals surface area contributed by atoms with Gasteiger partial charge in [0.2, 0.25) is 10.0 Å². The molecule has 0 aliphatic heterocycles. The molecule has 102 valence electrons. The molecule has 20 heavy (non-hydrogen) atoms. The molecule has 0 radical (unpaired) electrons. The molecule has 1 aromatic carbocycles. The van der Waals surface area contributed by atoms with E-state index in [1.165, 1.54) is 0 Å². The third-order valence-corrected chi connectivity index (χ3v) is 3.51. The standard InChI is InChI=1S/C14H13N3O2S/c1-20(18,19)16-13-5-3-2-4-12(13)11-6-7-14-15-8-9-17(14)10-11/h2-10,16H,1H3. The number of imidazole rings is 1. The predicted octanol–water partition coefficient (Wildman–Crippen LogP) is 2.37. The normalized spacial score (nSPS) is 11.7. The van der Waals surface area contributed by atoms with E-state index in [1.807, 2.05) is 41.1 Å². The highest BCUT2D eigenvalue weighted by Crippen LogP contribution is 2.28. The molecule has 0 aliphatic carbocycles. The number of para-hydroxylation sites is 1. The summed E-state index contributed by atoms with van der Waals surface area (Å²) in [5.74, 6) is 0. The van der Waals surface area contributed by atoms with Gasteiger partial charge in [-0.1, -0.05) is 18.2 Å². The Kier molecular flexibility index (Phi) is 2.94. The van der Waals surface area contributed by atoms with Gasteiger partial charge in [0.1, 0.15) is 5.65 Å². The maximum atomic E-state index is 11.4. The number of nitrogens with zero attached hydrogens (tertiary/aromatic N) is 2. The Morgan fingerprint density at radius 3 is 2.75 bits per heavy atom. The monoisotopic (exact) mass is 287 g/mol. The molecule has 2 aromatic heterocycles. The van der Waals surface area contributed by atoms with Crippen LogP contribution >= 0.6 is 0 Å². The number of nitrogens with one attached hydrogen (secondary N) is 1. The average molecular weight is 287 g/mol. The summed E-state index contributed by atoms with van der Waals surface area (Å²) in [6.07, 6.45) is 6.64. The lowest BCUT2D eigenvalue weighted by Crippen LogP contribution is -2.10. The highest BCUT2D eigenvalue weighted by atomic mass is 32.2. The van der Waals surface area contributed by atoms with Crippen molar-refractivity contribution in [2.75, 3.05) is 11.0 Å². The molecule has 2 heterocycles. The first-order valence-electron chi connectivity index (χ1n) is 6.03. The van der Waals surface area contributed by atoms with E-state index in [9.17, 15) is 8.42 Å². The number of benzene rings is 1. The van der Waals surface area contributed by atoms with Crippen LogP contribution in [0.15, 0.2) is 55.0 Å². The van der Waals surface area contributed by atoms with Crippen LogP contribution in [0, 0.1) is 0 Å². The van der Waals surface area contributed by atoms with Crippen molar-refractivity contribution in [1.29, 1.82) is 0 Å². The second-order valence-corrected chi connectivity index (χ2v) is 6.28. The van der Waals surface area contributed by atoms with Crippen LogP contribution < -0.4 is 4.72 Å². The minimum absolute atomic E-state index is 0.564. The largest absolute Gasteiger partial charge is 0.306 e. The van der Waals surface area contributed by atoms with Crippen molar-refractivity contribution in [2.45, 2.75) is 0 Å². The van der Waals surface area contributed by atoms with Gasteiger partial charge in [0.05, 0.1) is 11.9 Å². The number of aromatic nitrogens is 2.